The van der Waals surface area contributed by atoms with Crippen LogP contribution in [0.2, 0.25) is 0 Å². The summed E-state index contributed by atoms with van der Waals surface area (Å²) in [6.07, 6.45) is 11.6. The van der Waals surface area contributed by atoms with Gasteiger partial charge in [-0.25, -0.2) is 0 Å². The van der Waals surface area contributed by atoms with Crippen molar-refractivity contribution >= 4 is 17.7 Å². The number of allylic oxidation sites excluding steroid dienone is 4. The van der Waals surface area contributed by atoms with Crippen LogP contribution in [0.1, 0.15) is 44.6 Å². The van der Waals surface area contributed by atoms with E-state index in [1.807, 2.05) is 6.08 Å². The lowest BCUT2D eigenvalue weighted by atomic mass is 9.86. The monoisotopic (exact) mass is 304 g/mol. The maximum atomic E-state index is 4.33. The van der Waals surface area contributed by atoms with Gasteiger partial charge in [0.1, 0.15) is 0 Å². The summed E-state index contributed by atoms with van der Waals surface area (Å²) in [6.45, 7) is 18.7. The first kappa shape index (κ1) is 17.3. The van der Waals surface area contributed by atoms with Gasteiger partial charge in [-0.3, -0.25) is 0 Å². The van der Waals surface area contributed by atoms with Crippen LogP contribution in [0.4, 0.5) is 0 Å². The lowest BCUT2D eigenvalue weighted by Crippen LogP contribution is -2.21. The molecule has 1 aromatic carbocycles. The van der Waals surface area contributed by atoms with E-state index in [9.17, 15) is 0 Å². The van der Waals surface area contributed by atoms with Crippen LogP contribution in [-0.2, 0) is 0 Å². The smallest absolute Gasteiger partial charge is 0.00173 e. The van der Waals surface area contributed by atoms with Crippen LogP contribution in [0, 0.1) is 5.92 Å². The summed E-state index contributed by atoms with van der Waals surface area (Å²) in [5.74, 6) is 0.297. The Morgan fingerprint density at radius 1 is 1.09 bits per heavy atom. The normalized spacial score (nSPS) is 13.4. The van der Waals surface area contributed by atoms with Crippen molar-refractivity contribution < 1.29 is 0 Å². The average molecular weight is 304 g/mol. The summed E-state index contributed by atoms with van der Waals surface area (Å²) >= 11 is 0. The van der Waals surface area contributed by atoms with Crippen molar-refractivity contribution in [3.8, 4) is 0 Å². The Labute approximate surface area is 140 Å². The van der Waals surface area contributed by atoms with E-state index in [1.54, 1.807) is 0 Å². The Hall–Kier alpha value is -2.08. The maximum absolute atomic E-state index is 4.33. The van der Waals surface area contributed by atoms with E-state index in [0.717, 1.165) is 37.7 Å². The summed E-state index contributed by atoms with van der Waals surface area (Å²) in [6, 6.07) is 6.64. The van der Waals surface area contributed by atoms with Crippen LogP contribution in [0.5, 0.6) is 0 Å². The molecule has 0 heteroatoms. The third-order valence-electron chi connectivity index (χ3n) is 4.77. The number of hydrogen-bond acceptors (Lipinski definition) is 0. The first-order chi connectivity index (χ1) is 11.0. The van der Waals surface area contributed by atoms with Gasteiger partial charge in [-0.05, 0) is 59.7 Å². The molecule has 0 nitrogen and oxygen atoms in total. The molecule has 0 aliphatic heterocycles. The van der Waals surface area contributed by atoms with Gasteiger partial charge in [0.15, 0.2) is 0 Å². The molecule has 1 aliphatic rings. The van der Waals surface area contributed by atoms with Crippen molar-refractivity contribution in [1.29, 1.82) is 0 Å². The van der Waals surface area contributed by atoms with Crippen LogP contribution in [0.15, 0.2) is 61.7 Å². The zero-order chi connectivity index (χ0) is 16.8. The van der Waals surface area contributed by atoms with Crippen LogP contribution < -0.4 is 10.4 Å². The Balaban J connectivity index is 1.97. The summed E-state index contributed by atoms with van der Waals surface area (Å²) in [4.78, 5) is 0. The molecule has 1 atom stereocenters. The van der Waals surface area contributed by atoms with Crippen molar-refractivity contribution in [2.45, 2.75) is 39.0 Å². The largest absolute Gasteiger partial charge is 0.103 e. The summed E-state index contributed by atoms with van der Waals surface area (Å²) in [5.41, 5.74) is 4.92. The molecule has 120 valence electrons. The van der Waals surface area contributed by atoms with E-state index in [1.165, 1.54) is 27.1 Å². The van der Waals surface area contributed by atoms with E-state index in [-0.39, 0.29) is 0 Å². The molecule has 2 rings (SSSR count). The fraction of sp³-hybridized carbons (Fsp3) is 0.304. The van der Waals surface area contributed by atoms with Gasteiger partial charge in [-0.1, -0.05) is 68.2 Å². The fourth-order valence-electron chi connectivity index (χ4n) is 2.93. The molecule has 0 N–H and O–H groups in total. The number of fused-ring (bicyclic) bond motifs is 1. The zero-order valence-electron chi connectivity index (χ0n) is 14.4. The third kappa shape index (κ3) is 4.45. The van der Waals surface area contributed by atoms with Crippen molar-refractivity contribution in [2.24, 2.45) is 5.92 Å². The fourth-order valence-corrected chi connectivity index (χ4v) is 2.93. The zero-order valence-corrected chi connectivity index (χ0v) is 14.4. The first-order valence-electron chi connectivity index (χ1n) is 8.47. The predicted molar refractivity (Wildman–Crippen MR) is 104 cm³/mol. The van der Waals surface area contributed by atoms with Gasteiger partial charge in [-0.2, -0.15) is 0 Å². The lowest BCUT2D eigenvalue weighted by molar-refractivity contribution is 0.768. The minimum atomic E-state index is 0.297. The van der Waals surface area contributed by atoms with Crippen LogP contribution in [-0.4, -0.2) is 0 Å². The molecule has 0 radical (unpaired) electrons. The predicted octanol–water partition coefficient (Wildman–Crippen LogP) is 5.16. The second-order valence-corrected chi connectivity index (χ2v) is 6.47. The minimum absolute atomic E-state index is 0.297. The van der Waals surface area contributed by atoms with E-state index < -0.39 is 0 Å². The summed E-state index contributed by atoms with van der Waals surface area (Å²) in [7, 11) is 0. The second kappa shape index (κ2) is 7.97. The van der Waals surface area contributed by atoms with Crippen LogP contribution >= 0.6 is 0 Å². The summed E-state index contributed by atoms with van der Waals surface area (Å²) < 4.78 is 0. The first-order valence-corrected chi connectivity index (χ1v) is 8.47. The Bertz CT molecular complexity index is 743. The van der Waals surface area contributed by atoms with Crippen molar-refractivity contribution in [3.63, 3.8) is 0 Å². The highest BCUT2D eigenvalue weighted by atomic mass is 14.2. The average Bonchev–Trinajstić information content (AvgIpc) is 3.03. The third-order valence-corrected chi connectivity index (χ3v) is 4.77. The maximum Gasteiger partial charge on any atom is 0.00173 e. The van der Waals surface area contributed by atoms with Crippen LogP contribution in [0.25, 0.3) is 17.7 Å². The molecule has 1 unspecified atom stereocenters. The Kier molecular flexibility index (Phi) is 5.98. The molecule has 1 aliphatic carbocycles. The SMILES string of the molecule is C=CCCC(=C)CCC(=C)C(C)C(=C)c1ccc2c(c1)=CCC=2. The molecule has 0 saturated heterocycles. The Morgan fingerprint density at radius 3 is 2.57 bits per heavy atom. The molecular formula is C23H28. The number of benzene rings is 1. The van der Waals surface area contributed by atoms with E-state index >= 15 is 0 Å². The standard InChI is InChI=1S/C23H28/c1-6-7-9-17(2)12-13-18(3)19(4)20(5)22-15-14-21-10-8-11-23(21)16-22/h6,10-11,14-16,19H,1-3,5,7-9,12-13H2,4H3. The molecule has 1 aromatic rings. The Morgan fingerprint density at radius 2 is 1.83 bits per heavy atom. The molecule has 0 bridgehead atoms. The van der Waals surface area contributed by atoms with Crippen LogP contribution in [0.3, 0.4) is 0 Å². The molecule has 23 heavy (non-hydrogen) atoms. The number of hydrogen-bond donors (Lipinski definition) is 0. The molecule has 0 spiro atoms. The molecule has 0 aromatic heterocycles. The highest BCUT2D eigenvalue weighted by Crippen LogP contribution is 2.29. The van der Waals surface area contributed by atoms with E-state index in [2.05, 4.69) is 63.6 Å². The highest BCUT2D eigenvalue weighted by Gasteiger charge is 2.13. The number of rotatable bonds is 9. The minimum Gasteiger partial charge on any atom is -0.103 e. The lowest BCUT2D eigenvalue weighted by Gasteiger charge is -2.18. The second-order valence-electron chi connectivity index (χ2n) is 6.47. The molecular weight excluding hydrogens is 276 g/mol. The molecule has 0 heterocycles. The van der Waals surface area contributed by atoms with Gasteiger partial charge in [0.2, 0.25) is 0 Å². The van der Waals surface area contributed by atoms with Gasteiger partial charge in [0.05, 0.1) is 0 Å². The van der Waals surface area contributed by atoms with Gasteiger partial charge >= 0.3 is 0 Å². The molecule has 0 fully saturated rings. The van der Waals surface area contributed by atoms with Gasteiger partial charge in [-0.15, -0.1) is 6.58 Å². The quantitative estimate of drug-likeness (QED) is 0.553. The van der Waals surface area contributed by atoms with Gasteiger partial charge in [0.25, 0.3) is 0 Å². The van der Waals surface area contributed by atoms with Gasteiger partial charge in [0, 0.05) is 5.92 Å². The molecule has 0 saturated carbocycles. The van der Waals surface area contributed by atoms with E-state index in [4.69, 9.17) is 0 Å². The molecule has 0 amide bonds. The van der Waals surface area contributed by atoms with Crippen molar-refractivity contribution in [1.82, 2.24) is 0 Å². The highest BCUT2D eigenvalue weighted by molar-refractivity contribution is 5.68. The van der Waals surface area contributed by atoms with Crippen molar-refractivity contribution in [2.75, 3.05) is 0 Å². The topological polar surface area (TPSA) is 0 Å². The van der Waals surface area contributed by atoms with E-state index in [0.29, 0.717) is 5.92 Å². The van der Waals surface area contributed by atoms with Gasteiger partial charge < -0.3 is 0 Å². The summed E-state index contributed by atoms with van der Waals surface area (Å²) in [5, 5.41) is 2.67. The van der Waals surface area contributed by atoms with Crippen molar-refractivity contribution in [3.05, 3.63) is 77.7 Å².